The number of anilines is 2. The van der Waals surface area contributed by atoms with Gasteiger partial charge in [0.05, 0.1) is 0 Å². The molecule has 2 unspecified atom stereocenters. The number of rotatable bonds is 1. The maximum atomic E-state index is 3.62. The summed E-state index contributed by atoms with van der Waals surface area (Å²) in [4.78, 5) is 0. The van der Waals surface area contributed by atoms with Crippen LogP contribution in [0.4, 0.5) is 11.4 Å². The van der Waals surface area contributed by atoms with Crippen molar-refractivity contribution in [1.29, 1.82) is 0 Å². The van der Waals surface area contributed by atoms with Gasteiger partial charge in [0, 0.05) is 23.5 Å². The molecule has 0 radical (unpaired) electrons. The van der Waals surface area contributed by atoms with Crippen LogP contribution in [0.5, 0.6) is 0 Å². The third-order valence-electron chi connectivity index (χ3n) is 3.90. The molecule has 2 aliphatic heterocycles. The molecule has 0 aliphatic carbocycles. The summed E-state index contributed by atoms with van der Waals surface area (Å²) in [7, 11) is 0. The van der Waals surface area contributed by atoms with Gasteiger partial charge in [-0.25, -0.2) is 0 Å². The fourth-order valence-corrected chi connectivity index (χ4v) is 2.83. The van der Waals surface area contributed by atoms with Crippen LogP contribution in [0.25, 0.3) is 0 Å². The van der Waals surface area contributed by atoms with Crippen molar-refractivity contribution in [1.82, 2.24) is 0 Å². The SMILES string of the molecule is CC.CCC1Cc2cc3c(cc2N1)CCC(C)N3. The molecule has 18 heavy (non-hydrogen) atoms. The molecule has 2 aliphatic rings. The van der Waals surface area contributed by atoms with Crippen molar-refractivity contribution >= 4 is 11.4 Å². The van der Waals surface area contributed by atoms with Gasteiger partial charge in [0.15, 0.2) is 0 Å². The van der Waals surface area contributed by atoms with Crippen molar-refractivity contribution in [2.24, 2.45) is 0 Å². The van der Waals surface area contributed by atoms with Crippen molar-refractivity contribution in [2.75, 3.05) is 10.6 Å². The van der Waals surface area contributed by atoms with Gasteiger partial charge in [-0.1, -0.05) is 20.8 Å². The summed E-state index contributed by atoms with van der Waals surface area (Å²) in [5.41, 5.74) is 5.73. The molecule has 0 spiro atoms. The van der Waals surface area contributed by atoms with Crippen LogP contribution < -0.4 is 10.6 Å². The van der Waals surface area contributed by atoms with Gasteiger partial charge in [-0.2, -0.15) is 0 Å². The van der Waals surface area contributed by atoms with Gasteiger partial charge in [0.25, 0.3) is 0 Å². The zero-order valence-corrected chi connectivity index (χ0v) is 12.1. The van der Waals surface area contributed by atoms with E-state index in [1.807, 2.05) is 13.8 Å². The lowest BCUT2D eigenvalue weighted by molar-refractivity contribution is 0.681. The first-order chi connectivity index (χ1) is 8.76. The topological polar surface area (TPSA) is 24.1 Å². The molecular formula is C16H26N2. The molecule has 0 fully saturated rings. The second-order valence-corrected chi connectivity index (χ2v) is 5.20. The second kappa shape index (κ2) is 5.64. The van der Waals surface area contributed by atoms with Crippen LogP contribution >= 0.6 is 0 Å². The minimum absolute atomic E-state index is 0.627. The van der Waals surface area contributed by atoms with Gasteiger partial charge in [-0.3, -0.25) is 0 Å². The Hall–Kier alpha value is -1.18. The highest BCUT2D eigenvalue weighted by Crippen LogP contribution is 2.35. The maximum absolute atomic E-state index is 3.62. The van der Waals surface area contributed by atoms with E-state index >= 15 is 0 Å². The standard InChI is InChI=1S/C14H20N2.C2H6/c1-3-12-6-11-8-13-10(7-14(11)16-12)5-4-9(2)15-13;1-2/h7-9,12,15-16H,3-6H2,1-2H3;1-2H3. The quantitative estimate of drug-likeness (QED) is 0.776. The molecular weight excluding hydrogens is 220 g/mol. The third kappa shape index (κ3) is 2.47. The molecule has 2 N–H and O–H groups in total. The van der Waals surface area contributed by atoms with Crippen molar-refractivity contribution in [2.45, 2.75) is 65.5 Å². The summed E-state index contributed by atoms with van der Waals surface area (Å²) in [5.74, 6) is 0. The number of nitrogens with one attached hydrogen (secondary N) is 2. The van der Waals surface area contributed by atoms with E-state index in [2.05, 4.69) is 36.6 Å². The normalized spacial score (nSPS) is 24.0. The average molecular weight is 246 g/mol. The smallest absolute Gasteiger partial charge is 0.0380 e. The number of fused-ring (bicyclic) bond motifs is 2. The summed E-state index contributed by atoms with van der Waals surface area (Å²) < 4.78 is 0. The minimum atomic E-state index is 0.627. The lowest BCUT2D eigenvalue weighted by atomic mass is 9.96. The largest absolute Gasteiger partial charge is 0.382 e. The molecule has 3 rings (SSSR count). The average Bonchev–Trinajstić information content (AvgIpc) is 2.80. The highest BCUT2D eigenvalue weighted by atomic mass is 15.0. The lowest BCUT2D eigenvalue weighted by Gasteiger charge is -2.25. The van der Waals surface area contributed by atoms with E-state index < -0.39 is 0 Å². The molecule has 100 valence electrons. The van der Waals surface area contributed by atoms with E-state index in [0.717, 1.165) is 0 Å². The van der Waals surface area contributed by atoms with Crippen molar-refractivity contribution in [3.05, 3.63) is 23.3 Å². The highest BCUT2D eigenvalue weighted by molar-refractivity contribution is 5.68. The molecule has 0 aromatic heterocycles. The van der Waals surface area contributed by atoms with E-state index in [-0.39, 0.29) is 0 Å². The Kier molecular flexibility index (Phi) is 4.15. The van der Waals surface area contributed by atoms with Crippen LogP contribution in [0.2, 0.25) is 0 Å². The fourth-order valence-electron chi connectivity index (χ4n) is 2.83. The molecule has 0 bridgehead atoms. The first kappa shape index (κ1) is 13.3. The summed E-state index contributed by atoms with van der Waals surface area (Å²) in [6, 6.07) is 6.00. The Labute approximate surface area is 111 Å². The Morgan fingerprint density at radius 1 is 1.11 bits per heavy atom. The van der Waals surface area contributed by atoms with E-state index in [1.165, 1.54) is 48.2 Å². The van der Waals surface area contributed by atoms with Crippen molar-refractivity contribution < 1.29 is 0 Å². The monoisotopic (exact) mass is 246 g/mol. The van der Waals surface area contributed by atoms with Crippen molar-refractivity contribution in [3.8, 4) is 0 Å². The lowest BCUT2D eigenvalue weighted by Crippen LogP contribution is -2.21. The minimum Gasteiger partial charge on any atom is -0.382 e. The van der Waals surface area contributed by atoms with Gasteiger partial charge in [-0.05, 0) is 55.9 Å². The van der Waals surface area contributed by atoms with E-state index in [0.29, 0.717) is 12.1 Å². The summed E-state index contributed by atoms with van der Waals surface area (Å²) in [6.07, 6.45) is 4.87. The van der Waals surface area contributed by atoms with Crippen molar-refractivity contribution in [3.63, 3.8) is 0 Å². The predicted molar refractivity (Wildman–Crippen MR) is 80.6 cm³/mol. The number of aryl methyl sites for hydroxylation is 1. The van der Waals surface area contributed by atoms with Gasteiger partial charge in [-0.15, -0.1) is 0 Å². The van der Waals surface area contributed by atoms with Crippen LogP contribution in [-0.4, -0.2) is 12.1 Å². The zero-order chi connectivity index (χ0) is 13.1. The molecule has 0 saturated heterocycles. The second-order valence-electron chi connectivity index (χ2n) is 5.20. The van der Waals surface area contributed by atoms with E-state index in [4.69, 9.17) is 0 Å². The Bertz CT molecular complexity index is 412. The molecule has 1 aromatic rings. The Morgan fingerprint density at radius 3 is 2.50 bits per heavy atom. The van der Waals surface area contributed by atoms with Crippen LogP contribution in [0.15, 0.2) is 12.1 Å². The number of benzene rings is 1. The molecule has 2 nitrogen and oxygen atoms in total. The van der Waals surface area contributed by atoms with Crippen LogP contribution in [0.1, 0.15) is 51.7 Å². The first-order valence-corrected chi connectivity index (χ1v) is 7.45. The van der Waals surface area contributed by atoms with Gasteiger partial charge >= 0.3 is 0 Å². The van der Waals surface area contributed by atoms with Gasteiger partial charge in [0.2, 0.25) is 0 Å². The first-order valence-electron chi connectivity index (χ1n) is 7.45. The van der Waals surface area contributed by atoms with Crippen LogP contribution in [0.3, 0.4) is 0 Å². The Morgan fingerprint density at radius 2 is 1.78 bits per heavy atom. The Balaban J connectivity index is 0.000000574. The van der Waals surface area contributed by atoms with E-state index in [9.17, 15) is 0 Å². The number of hydrogen-bond acceptors (Lipinski definition) is 2. The summed E-state index contributed by atoms with van der Waals surface area (Å²) in [5, 5.41) is 7.21. The molecule has 2 heteroatoms. The fraction of sp³-hybridized carbons (Fsp3) is 0.625. The molecule has 2 atom stereocenters. The van der Waals surface area contributed by atoms with Crippen LogP contribution in [0, 0.1) is 0 Å². The summed E-state index contributed by atoms with van der Waals surface area (Å²) >= 11 is 0. The highest BCUT2D eigenvalue weighted by Gasteiger charge is 2.23. The van der Waals surface area contributed by atoms with Gasteiger partial charge < -0.3 is 10.6 Å². The predicted octanol–water partition coefficient (Wildman–Crippen LogP) is 4.21. The zero-order valence-electron chi connectivity index (χ0n) is 12.1. The van der Waals surface area contributed by atoms with E-state index in [1.54, 1.807) is 0 Å². The third-order valence-corrected chi connectivity index (χ3v) is 3.90. The maximum Gasteiger partial charge on any atom is 0.0380 e. The summed E-state index contributed by atoms with van der Waals surface area (Å²) in [6.45, 7) is 8.52. The molecule has 0 saturated carbocycles. The van der Waals surface area contributed by atoms with Crippen LogP contribution in [-0.2, 0) is 12.8 Å². The molecule has 1 aromatic carbocycles. The van der Waals surface area contributed by atoms with Gasteiger partial charge in [0.1, 0.15) is 0 Å². The molecule has 2 heterocycles. The number of hydrogen-bond donors (Lipinski definition) is 2. The molecule has 0 amide bonds.